The summed E-state index contributed by atoms with van der Waals surface area (Å²) in [7, 11) is 1.36. The lowest BCUT2D eigenvalue weighted by Crippen LogP contribution is -2.40. The van der Waals surface area contributed by atoms with Gasteiger partial charge in [0.1, 0.15) is 5.75 Å². The number of benzene rings is 1. The molecule has 114 valence electrons. The van der Waals surface area contributed by atoms with Crippen LogP contribution in [0.1, 0.15) is 5.56 Å². The third-order valence-corrected chi connectivity index (χ3v) is 2.56. The molecule has 2 N–H and O–H groups in total. The van der Waals surface area contributed by atoms with E-state index in [9.17, 15) is 14.4 Å². The number of carbonyl (C=O) groups excluding carboxylic acids is 3. The Balaban J connectivity index is 2.34. The molecular weight excluding hydrogens is 300 g/mol. The standard InChI is InChI=1S/C13H15ClN2O5/c1-8-5-9(14)3-4-10(8)20-7-12(18)21-6-11(17)16-13(19)15-2/h3-5H,6-7H2,1-2H3,(H2,15,16,17,19). The van der Waals surface area contributed by atoms with Crippen LogP contribution in [-0.4, -0.2) is 38.2 Å². The number of nitrogens with one attached hydrogen (secondary N) is 2. The SMILES string of the molecule is CNC(=O)NC(=O)COC(=O)COc1ccc(Cl)cc1C. The zero-order chi connectivity index (χ0) is 15.8. The maximum absolute atomic E-state index is 11.4. The molecule has 0 aromatic heterocycles. The van der Waals surface area contributed by atoms with Crippen molar-refractivity contribution in [1.82, 2.24) is 10.6 Å². The molecule has 0 spiro atoms. The van der Waals surface area contributed by atoms with E-state index in [1.165, 1.54) is 7.05 Å². The van der Waals surface area contributed by atoms with Crippen molar-refractivity contribution in [2.75, 3.05) is 20.3 Å². The second-order valence-electron chi connectivity index (χ2n) is 3.99. The largest absolute Gasteiger partial charge is 0.482 e. The second kappa shape index (κ2) is 8.11. The van der Waals surface area contributed by atoms with Crippen molar-refractivity contribution in [3.63, 3.8) is 0 Å². The quantitative estimate of drug-likeness (QED) is 0.792. The van der Waals surface area contributed by atoms with Crippen LogP contribution in [0.5, 0.6) is 5.75 Å². The molecule has 0 heterocycles. The van der Waals surface area contributed by atoms with Crippen molar-refractivity contribution in [1.29, 1.82) is 0 Å². The first kappa shape index (κ1) is 16.8. The molecule has 0 atom stereocenters. The van der Waals surface area contributed by atoms with Gasteiger partial charge in [0.2, 0.25) is 0 Å². The summed E-state index contributed by atoms with van der Waals surface area (Å²) in [5, 5.41) is 4.71. The van der Waals surface area contributed by atoms with Gasteiger partial charge in [-0.1, -0.05) is 11.6 Å². The van der Waals surface area contributed by atoms with Gasteiger partial charge in [-0.15, -0.1) is 0 Å². The third-order valence-electron chi connectivity index (χ3n) is 2.33. The van der Waals surface area contributed by atoms with E-state index in [0.29, 0.717) is 10.8 Å². The summed E-state index contributed by atoms with van der Waals surface area (Å²) < 4.78 is 9.90. The summed E-state index contributed by atoms with van der Waals surface area (Å²) in [5.41, 5.74) is 0.771. The Bertz CT molecular complexity index is 547. The number of imide groups is 1. The molecule has 0 bridgehead atoms. The first-order valence-corrected chi connectivity index (χ1v) is 6.36. The van der Waals surface area contributed by atoms with Crippen LogP contribution >= 0.6 is 11.6 Å². The molecule has 1 aromatic rings. The topological polar surface area (TPSA) is 93.7 Å². The number of hydrogen-bond donors (Lipinski definition) is 2. The number of ether oxygens (including phenoxy) is 2. The summed E-state index contributed by atoms with van der Waals surface area (Å²) in [6, 6.07) is 4.28. The normalized spacial score (nSPS) is 9.67. The minimum absolute atomic E-state index is 0.351. The van der Waals surface area contributed by atoms with Crippen LogP contribution in [0.2, 0.25) is 5.02 Å². The van der Waals surface area contributed by atoms with E-state index < -0.39 is 24.5 Å². The Hall–Kier alpha value is -2.28. The Morgan fingerprint density at radius 2 is 1.95 bits per heavy atom. The highest BCUT2D eigenvalue weighted by Crippen LogP contribution is 2.21. The molecule has 1 aromatic carbocycles. The van der Waals surface area contributed by atoms with Crippen LogP contribution < -0.4 is 15.4 Å². The van der Waals surface area contributed by atoms with Crippen LogP contribution in [0.15, 0.2) is 18.2 Å². The molecule has 8 heteroatoms. The zero-order valence-corrected chi connectivity index (χ0v) is 12.3. The molecule has 0 saturated carbocycles. The Labute approximate surface area is 126 Å². The molecule has 0 aliphatic carbocycles. The number of rotatable bonds is 5. The molecule has 0 unspecified atom stereocenters. The molecular formula is C13H15ClN2O5. The van der Waals surface area contributed by atoms with Crippen LogP contribution in [0, 0.1) is 6.92 Å². The van der Waals surface area contributed by atoms with Crippen LogP contribution in [0.3, 0.4) is 0 Å². The summed E-state index contributed by atoms with van der Waals surface area (Å²) >= 11 is 5.79. The van der Waals surface area contributed by atoms with Crippen molar-refractivity contribution in [2.24, 2.45) is 0 Å². The van der Waals surface area contributed by atoms with Gasteiger partial charge in [-0.25, -0.2) is 9.59 Å². The highest BCUT2D eigenvalue weighted by molar-refractivity contribution is 6.30. The fourth-order valence-corrected chi connectivity index (χ4v) is 1.55. The summed E-state index contributed by atoms with van der Waals surface area (Å²) in [5.74, 6) is -0.965. The predicted molar refractivity (Wildman–Crippen MR) is 75.2 cm³/mol. The molecule has 0 fully saturated rings. The predicted octanol–water partition coefficient (Wildman–Crippen LogP) is 1.03. The molecule has 0 radical (unpaired) electrons. The van der Waals surface area contributed by atoms with Gasteiger partial charge in [-0.2, -0.15) is 0 Å². The van der Waals surface area contributed by atoms with Crippen molar-refractivity contribution < 1.29 is 23.9 Å². The van der Waals surface area contributed by atoms with E-state index in [4.69, 9.17) is 16.3 Å². The number of halogens is 1. The third kappa shape index (κ3) is 6.13. The van der Waals surface area contributed by atoms with E-state index in [2.05, 4.69) is 10.1 Å². The van der Waals surface area contributed by atoms with Gasteiger partial charge in [0.05, 0.1) is 0 Å². The van der Waals surface area contributed by atoms with Gasteiger partial charge < -0.3 is 14.8 Å². The van der Waals surface area contributed by atoms with Gasteiger partial charge >= 0.3 is 12.0 Å². The molecule has 0 saturated heterocycles. The van der Waals surface area contributed by atoms with E-state index in [1.807, 2.05) is 5.32 Å². The lowest BCUT2D eigenvalue weighted by molar-refractivity contribution is -0.150. The lowest BCUT2D eigenvalue weighted by atomic mass is 10.2. The molecule has 0 aliphatic heterocycles. The van der Waals surface area contributed by atoms with Gasteiger partial charge in [0, 0.05) is 12.1 Å². The molecule has 1 rings (SSSR count). The van der Waals surface area contributed by atoms with E-state index >= 15 is 0 Å². The Morgan fingerprint density at radius 3 is 2.57 bits per heavy atom. The van der Waals surface area contributed by atoms with Crippen LogP contribution in [0.25, 0.3) is 0 Å². The zero-order valence-electron chi connectivity index (χ0n) is 11.6. The van der Waals surface area contributed by atoms with Crippen LogP contribution in [-0.2, 0) is 14.3 Å². The number of carbonyl (C=O) groups is 3. The second-order valence-corrected chi connectivity index (χ2v) is 4.42. The van der Waals surface area contributed by atoms with Crippen molar-refractivity contribution in [2.45, 2.75) is 6.92 Å². The fraction of sp³-hybridized carbons (Fsp3) is 0.308. The Kier molecular flexibility index (Phi) is 6.48. The first-order chi connectivity index (χ1) is 9.92. The number of amides is 3. The van der Waals surface area contributed by atoms with E-state index in [-0.39, 0.29) is 6.61 Å². The van der Waals surface area contributed by atoms with Gasteiger partial charge in [-0.3, -0.25) is 10.1 Å². The smallest absolute Gasteiger partial charge is 0.344 e. The fourth-order valence-electron chi connectivity index (χ4n) is 1.32. The summed E-state index contributed by atoms with van der Waals surface area (Å²) in [6.07, 6.45) is 0. The van der Waals surface area contributed by atoms with Crippen molar-refractivity contribution in [3.8, 4) is 5.75 Å². The van der Waals surface area contributed by atoms with Crippen LogP contribution in [0.4, 0.5) is 4.79 Å². The summed E-state index contributed by atoms with van der Waals surface area (Å²) in [6.45, 7) is 0.869. The number of aryl methyl sites for hydroxylation is 1. The van der Waals surface area contributed by atoms with Crippen molar-refractivity contribution >= 4 is 29.5 Å². The van der Waals surface area contributed by atoms with Gasteiger partial charge in [0.25, 0.3) is 5.91 Å². The minimum atomic E-state index is -0.731. The van der Waals surface area contributed by atoms with Gasteiger partial charge in [-0.05, 0) is 30.7 Å². The average Bonchev–Trinajstić information content (AvgIpc) is 2.44. The maximum Gasteiger partial charge on any atom is 0.344 e. The van der Waals surface area contributed by atoms with E-state index in [1.54, 1.807) is 25.1 Å². The lowest BCUT2D eigenvalue weighted by Gasteiger charge is -2.09. The number of hydrogen-bond acceptors (Lipinski definition) is 5. The first-order valence-electron chi connectivity index (χ1n) is 5.98. The molecule has 7 nitrogen and oxygen atoms in total. The van der Waals surface area contributed by atoms with E-state index in [0.717, 1.165) is 5.56 Å². The monoisotopic (exact) mass is 314 g/mol. The molecule has 21 heavy (non-hydrogen) atoms. The highest BCUT2D eigenvalue weighted by atomic mass is 35.5. The highest BCUT2D eigenvalue weighted by Gasteiger charge is 2.11. The average molecular weight is 315 g/mol. The molecule has 0 aliphatic rings. The summed E-state index contributed by atoms with van der Waals surface area (Å²) in [4.78, 5) is 33.4. The number of esters is 1. The maximum atomic E-state index is 11.4. The van der Waals surface area contributed by atoms with Crippen molar-refractivity contribution in [3.05, 3.63) is 28.8 Å². The molecule has 3 amide bonds. The number of urea groups is 1. The minimum Gasteiger partial charge on any atom is -0.482 e. The van der Waals surface area contributed by atoms with Gasteiger partial charge in [0.15, 0.2) is 13.2 Å². The Morgan fingerprint density at radius 1 is 1.24 bits per heavy atom.